The molecule has 1 aromatic rings. The maximum absolute atomic E-state index is 9.57. The fraction of sp³-hybridized carbons (Fsp3) is 0.733. The predicted molar refractivity (Wildman–Crippen MR) is 79.4 cm³/mol. The van der Waals surface area contributed by atoms with E-state index in [1.165, 1.54) is 0 Å². The van der Waals surface area contributed by atoms with Gasteiger partial charge >= 0.3 is 0 Å². The van der Waals surface area contributed by atoms with E-state index in [0.29, 0.717) is 6.04 Å². The molecule has 1 fully saturated rings. The predicted octanol–water partition coefficient (Wildman–Crippen LogP) is 1.06. The molecule has 1 aliphatic heterocycles. The van der Waals surface area contributed by atoms with E-state index in [-0.39, 0.29) is 6.10 Å². The fourth-order valence-corrected chi connectivity index (χ4v) is 2.80. The topological polar surface area (TPSA) is 52.5 Å². The standard InChI is InChI=1S/C15H26N4O/c1-4-15-11-18(5-6-19(15)9-13(3)20)10-14-8-16-12(2)7-17-14/h7-8,13,15,20H,4-6,9-11H2,1-3H3. The maximum Gasteiger partial charge on any atom is 0.0727 e. The molecule has 2 atom stereocenters. The van der Waals surface area contributed by atoms with Crippen molar-refractivity contribution < 1.29 is 5.11 Å². The van der Waals surface area contributed by atoms with Crippen molar-refractivity contribution in [2.24, 2.45) is 0 Å². The summed E-state index contributed by atoms with van der Waals surface area (Å²) in [6.45, 7) is 10.8. The van der Waals surface area contributed by atoms with Gasteiger partial charge in [0.15, 0.2) is 0 Å². The average Bonchev–Trinajstić information content (AvgIpc) is 2.42. The molecular formula is C15H26N4O. The van der Waals surface area contributed by atoms with Gasteiger partial charge in [-0.15, -0.1) is 0 Å². The fourth-order valence-electron chi connectivity index (χ4n) is 2.80. The largest absolute Gasteiger partial charge is 0.392 e. The Balaban J connectivity index is 1.91. The number of piperazine rings is 1. The van der Waals surface area contributed by atoms with E-state index in [9.17, 15) is 5.11 Å². The molecule has 2 rings (SSSR count). The van der Waals surface area contributed by atoms with Crippen molar-refractivity contribution in [1.29, 1.82) is 0 Å². The first-order valence-electron chi connectivity index (χ1n) is 7.50. The number of hydrogen-bond acceptors (Lipinski definition) is 5. The number of aromatic nitrogens is 2. The van der Waals surface area contributed by atoms with Gasteiger partial charge in [0.2, 0.25) is 0 Å². The van der Waals surface area contributed by atoms with Gasteiger partial charge in [0.05, 0.1) is 17.5 Å². The van der Waals surface area contributed by atoms with Crippen LogP contribution in [0.3, 0.4) is 0 Å². The first-order chi connectivity index (χ1) is 9.58. The zero-order valence-corrected chi connectivity index (χ0v) is 12.8. The molecule has 0 amide bonds. The minimum atomic E-state index is -0.251. The summed E-state index contributed by atoms with van der Waals surface area (Å²) in [6.07, 6.45) is 4.57. The first-order valence-corrected chi connectivity index (χ1v) is 7.50. The van der Waals surface area contributed by atoms with E-state index < -0.39 is 0 Å². The van der Waals surface area contributed by atoms with Crippen LogP contribution in [0.15, 0.2) is 12.4 Å². The molecule has 5 heteroatoms. The molecular weight excluding hydrogens is 252 g/mol. The summed E-state index contributed by atoms with van der Waals surface area (Å²) in [7, 11) is 0. The van der Waals surface area contributed by atoms with Crippen molar-refractivity contribution >= 4 is 0 Å². The molecule has 20 heavy (non-hydrogen) atoms. The van der Waals surface area contributed by atoms with Crippen molar-refractivity contribution in [3.05, 3.63) is 23.8 Å². The molecule has 1 saturated heterocycles. The van der Waals surface area contributed by atoms with E-state index in [4.69, 9.17) is 0 Å². The molecule has 1 aromatic heterocycles. The number of aryl methyl sites for hydroxylation is 1. The maximum atomic E-state index is 9.57. The highest BCUT2D eigenvalue weighted by Gasteiger charge is 2.26. The van der Waals surface area contributed by atoms with Crippen LogP contribution in [-0.2, 0) is 6.54 Å². The summed E-state index contributed by atoms with van der Waals surface area (Å²) in [5.74, 6) is 0. The van der Waals surface area contributed by atoms with Gasteiger partial charge in [-0.25, -0.2) is 0 Å². The zero-order valence-electron chi connectivity index (χ0n) is 12.8. The molecule has 0 saturated carbocycles. The molecule has 0 spiro atoms. The van der Waals surface area contributed by atoms with E-state index in [0.717, 1.165) is 50.5 Å². The minimum Gasteiger partial charge on any atom is -0.392 e. The average molecular weight is 278 g/mol. The van der Waals surface area contributed by atoms with Crippen LogP contribution in [0, 0.1) is 6.92 Å². The Kier molecular flexibility index (Phi) is 5.46. The number of aliphatic hydroxyl groups is 1. The summed E-state index contributed by atoms with van der Waals surface area (Å²) < 4.78 is 0. The quantitative estimate of drug-likeness (QED) is 0.873. The molecule has 5 nitrogen and oxygen atoms in total. The van der Waals surface area contributed by atoms with Crippen molar-refractivity contribution in [2.45, 2.75) is 45.9 Å². The minimum absolute atomic E-state index is 0.251. The van der Waals surface area contributed by atoms with Gasteiger partial charge < -0.3 is 5.11 Å². The number of rotatable bonds is 5. The van der Waals surface area contributed by atoms with Gasteiger partial charge in [-0.3, -0.25) is 19.8 Å². The van der Waals surface area contributed by atoms with E-state index in [1.807, 2.05) is 26.2 Å². The van der Waals surface area contributed by atoms with Crippen LogP contribution in [0.4, 0.5) is 0 Å². The van der Waals surface area contributed by atoms with Crippen LogP contribution in [0.2, 0.25) is 0 Å². The van der Waals surface area contributed by atoms with E-state index in [1.54, 1.807) is 0 Å². The normalized spacial score (nSPS) is 22.9. The van der Waals surface area contributed by atoms with Crippen LogP contribution in [0.1, 0.15) is 31.7 Å². The molecule has 2 unspecified atom stereocenters. The van der Waals surface area contributed by atoms with Crippen LogP contribution in [0.25, 0.3) is 0 Å². The molecule has 0 aromatic carbocycles. The van der Waals surface area contributed by atoms with Gasteiger partial charge in [-0.2, -0.15) is 0 Å². The monoisotopic (exact) mass is 278 g/mol. The number of β-amino-alcohol motifs (C(OH)–C–C–N with tert-alkyl or cyclic N) is 1. The van der Waals surface area contributed by atoms with Crippen molar-refractivity contribution in [1.82, 2.24) is 19.8 Å². The Morgan fingerprint density at radius 1 is 1.35 bits per heavy atom. The van der Waals surface area contributed by atoms with E-state index in [2.05, 4.69) is 26.7 Å². The second-order valence-corrected chi connectivity index (χ2v) is 5.79. The number of hydrogen-bond donors (Lipinski definition) is 1. The molecule has 1 aliphatic rings. The summed E-state index contributed by atoms with van der Waals surface area (Å²) in [5.41, 5.74) is 2.00. The van der Waals surface area contributed by atoms with Gasteiger partial charge in [0.25, 0.3) is 0 Å². The first kappa shape index (κ1) is 15.4. The van der Waals surface area contributed by atoms with Crippen molar-refractivity contribution in [2.75, 3.05) is 26.2 Å². The second kappa shape index (κ2) is 7.11. The lowest BCUT2D eigenvalue weighted by Crippen LogP contribution is -2.54. The molecule has 0 radical (unpaired) electrons. The van der Waals surface area contributed by atoms with Crippen molar-refractivity contribution in [3.63, 3.8) is 0 Å². The highest BCUT2D eigenvalue weighted by molar-refractivity contribution is 5.01. The van der Waals surface area contributed by atoms with Crippen LogP contribution in [0.5, 0.6) is 0 Å². The van der Waals surface area contributed by atoms with Crippen LogP contribution in [-0.4, -0.2) is 63.2 Å². The second-order valence-electron chi connectivity index (χ2n) is 5.79. The number of nitrogens with zero attached hydrogens (tertiary/aromatic N) is 4. The third-order valence-electron chi connectivity index (χ3n) is 3.88. The molecule has 0 aliphatic carbocycles. The lowest BCUT2D eigenvalue weighted by Gasteiger charge is -2.41. The highest BCUT2D eigenvalue weighted by atomic mass is 16.3. The van der Waals surface area contributed by atoms with Crippen LogP contribution < -0.4 is 0 Å². The molecule has 112 valence electrons. The molecule has 2 heterocycles. The molecule has 1 N–H and O–H groups in total. The summed E-state index contributed by atoms with van der Waals surface area (Å²) in [4.78, 5) is 13.6. The van der Waals surface area contributed by atoms with Gasteiger partial charge in [0.1, 0.15) is 0 Å². The SMILES string of the molecule is CCC1CN(Cc2cnc(C)cn2)CCN1CC(C)O. The van der Waals surface area contributed by atoms with Gasteiger partial charge in [-0.05, 0) is 20.3 Å². The summed E-state index contributed by atoms with van der Waals surface area (Å²) in [5, 5.41) is 9.57. The Hall–Kier alpha value is -1.04. The Bertz CT molecular complexity index is 407. The third-order valence-corrected chi connectivity index (χ3v) is 3.88. The Morgan fingerprint density at radius 2 is 2.15 bits per heavy atom. The molecule has 0 bridgehead atoms. The lowest BCUT2D eigenvalue weighted by atomic mass is 10.1. The van der Waals surface area contributed by atoms with Crippen LogP contribution >= 0.6 is 0 Å². The number of aliphatic hydroxyl groups excluding tert-OH is 1. The Labute approximate surface area is 121 Å². The highest BCUT2D eigenvalue weighted by Crippen LogP contribution is 2.15. The Morgan fingerprint density at radius 3 is 2.75 bits per heavy atom. The van der Waals surface area contributed by atoms with Crippen molar-refractivity contribution in [3.8, 4) is 0 Å². The third kappa shape index (κ3) is 4.23. The zero-order chi connectivity index (χ0) is 14.5. The summed E-state index contributed by atoms with van der Waals surface area (Å²) >= 11 is 0. The lowest BCUT2D eigenvalue weighted by molar-refractivity contribution is 0.0333. The summed E-state index contributed by atoms with van der Waals surface area (Å²) in [6, 6.07) is 0.525. The smallest absolute Gasteiger partial charge is 0.0727 e. The van der Waals surface area contributed by atoms with Gasteiger partial charge in [-0.1, -0.05) is 6.92 Å². The van der Waals surface area contributed by atoms with E-state index >= 15 is 0 Å². The van der Waals surface area contributed by atoms with Gasteiger partial charge in [0, 0.05) is 51.2 Å².